The molecule has 0 atom stereocenters. The smallest absolute Gasteiger partial charge is 0.490 e. The Bertz CT molecular complexity index is 420. The van der Waals surface area contributed by atoms with Gasteiger partial charge in [-0.05, 0) is 12.0 Å². The zero-order valence-corrected chi connectivity index (χ0v) is 11.3. The van der Waals surface area contributed by atoms with Crippen LogP contribution in [0.1, 0.15) is 19.4 Å². The summed E-state index contributed by atoms with van der Waals surface area (Å²) in [5.74, 6) is -1.29. The molecule has 0 aliphatic heterocycles. The molecule has 7 heteroatoms. The molecule has 0 amide bonds. The number of hydrogen-bond donors (Lipinski definition) is 2. The van der Waals surface area contributed by atoms with E-state index in [1.807, 2.05) is 24.3 Å². The molecule has 0 aliphatic carbocycles. The van der Waals surface area contributed by atoms with Gasteiger partial charge in [-0.1, -0.05) is 32.0 Å². The van der Waals surface area contributed by atoms with E-state index in [2.05, 4.69) is 13.8 Å². The van der Waals surface area contributed by atoms with Crippen molar-refractivity contribution < 1.29 is 27.8 Å². The summed E-state index contributed by atoms with van der Waals surface area (Å²) in [5.41, 5.74) is 6.65. The Balaban J connectivity index is 0.000000441. The Kier molecular flexibility index (Phi) is 7.68. The highest BCUT2D eigenvalue weighted by atomic mass is 19.4. The van der Waals surface area contributed by atoms with Crippen LogP contribution in [0.15, 0.2) is 24.3 Å². The number of ether oxygens (including phenoxy) is 1. The molecule has 0 aliphatic rings. The van der Waals surface area contributed by atoms with E-state index >= 15 is 0 Å². The first-order chi connectivity index (χ1) is 9.18. The van der Waals surface area contributed by atoms with Gasteiger partial charge in [-0.25, -0.2) is 4.79 Å². The molecule has 4 nitrogen and oxygen atoms in total. The van der Waals surface area contributed by atoms with E-state index < -0.39 is 12.1 Å². The summed E-state index contributed by atoms with van der Waals surface area (Å²) < 4.78 is 37.3. The van der Waals surface area contributed by atoms with Gasteiger partial charge in [0.1, 0.15) is 5.75 Å². The number of hydrogen-bond acceptors (Lipinski definition) is 3. The molecule has 1 aromatic rings. The number of carboxylic acids is 1. The lowest BCUT2D eigenvalue weighted by molar-refractivity contribution is -0.192. The van der Waals surface area contributed by atoms with E-state index in [1.54, 1.807) is 0 Å². The summed E-state index contributed by atoms with van der Waals surface area (Å²) in [4.78, 5) is 8.90. The number of rotatable bonds is 4. The zero-order valence-electron chi connectivity index (χ0n) is 11.3. The van der Waals surface area contributed by atoms with Crippen molar-refractivity contribution in [3.8, 4) is 5.75 Å². The van der Waals surface area contributed by atoms with Crippen LogP contribution < -0.4 is 10.5 Å². The topological polar surface area (TPSA) is 72.5 Å². The van der Waals surface area contributed by atoms with Gasteiger partial charge in [0.15, 0.2) is 0 Å². The number of para-hydroxylation sites is 1. The van der Waals surface area contributed by atoms with Gasteiger partial charge in [0, 0.05) is 12.1 Å². The summed E-state index contributed by atoms with van der Waals surface area (Å²) in [5, 5.41) is 7.12. The van der Waals surface area contributed by atoms with Crippen molar-refractivity contribution in [2.24, 2.45) is 11.7 Å². The summed E-state index contributed by atoms with van der Waals surface area (Å²) in [6.45, 7) is 5.54. The van der Waals surface area contributed by atoms with E-state index in [-0.39, 0.29) is 0 Å². The average molecular weight is 293 g/mol. The third-order valence-electron chi connectivity index (χ3n) is 2.01. The van der Waals surface area contributed by atoms with Crippen LogP contribution >= 0.6 is 0 Å². The number of carbonyl (C=O) groups is 1. The van der Waals surface area contributed by atoms with Gasteiger partial charge in [0.2, 0.25) is 0 Å². The fourth-order valence-corrected chi connectivity index (χ4v) is 1.07. The van der Waals surface area contributed by atoms with Gasteiger partial charge >= 0.3 is 12.1 Å². The third-order valence-corrected chi connectivity index (χ3v) is 2.01. The van der Waals surface area contributed by atoms with Crippen molar-refractivity contribution in [1.29, 1.82) is 0 Å². The Morgan fingerprint density at radius 1 is 1.35 bits per heavy atom. The van der Waals surface area contributed by atoms with E-state index in [0.717, 1.165) is 17.9 Å². The molecular formula is C13H18F3NO3. The van der Waals surface area contributed by atoms with Crippen LogP contribution in [0.2, 0.25) is 0 Å². The van der Waals surface area contributed by atoms with Gasteiger partial charge in [0.05, 0.1) is 6.61 Å². The number of alkyl halides is 3. The molecule has 3 N–H and O–H groups in total. The molecule has 0 saturated heterocycles. The summed E-state index contributed by atoms with van der Waals surface area (Å²) >= 11 is 0. The Hall–Kier alpha value is -1.76. The quantitative estimate of drug-likeness (QED) is 0.895. The van der Waals surface area contributed by atoms with Crippen LogP contribution in [0, 0.1) is 5.92 Å². The first-order valence-corrected chi connectivity index (χ1v) is 5.89. The monoisotopic (exact) mass is 293 g/mol. The largest absolute Gasteiger partial charge is 0.493 e. The van der Waals surface area contributed by atoms with Gasteiger partial charge in [-0.15, -0.1) is 0 Å². The maximum Gasteiger partial charge on any atom is 0.490 e. The Morgan fingerprint density at radius 3 is 2.25 bits per heavy atom. The predicted molar refractivity (Wildman–Crippen MR) is 68.4 cm³/mol. The van der Waals surface area contributed by atoms with Crippen molar-refractivity contribution in [2.75, 3.05) is 6.61 Å². The fourth-order valence-electron chi connectivity index (χ4n) is 1.07. The minimum Gasteiger partial charge on any atom is -0.493 e. The molecule has 0 saturated carbocycles. The van der Waals surface area contributed by atoms with Crippen molar-refractivity contribution >= 4 is 5.97 Å². The molecule has 0 spiro atoms. The molecule has 20 heavy (non-hydrogen) atoms. The fraction of sp³-hybridized carbons (Fsp3) is 0.462. The lowest BCUT2D eigenvalue weighted by atomic mass is 10.2. The molecule has 1 aromatic carbocycles. The number of benzene rings is 1. The first-order valence-electron chi connectivity index (χ1n) is 5.89. The summed E-state index contributed by atoms with van der Waals surface area (Å²) in [6.07, 6.45) is -5.08. The average Bonchev–Trinajstić information content (AvgIpc) is 2.36. The van der Waals surface area contributed by atoms with Gasteiger partial charge < -0.3 is 15.6 Å². The molecule has 0 fully saturated rings. The van der Waals surface area contributed by atoms with Crippen LogP contribution in [0.25, 0.3) is 0 Å². The summed E-state index contributed by atoms with van der Waals surface area (Å²) in [7, 11) is 0. The van der Waals surface area contributed by atoms with Crippen LogP contribution in [0.3, 0.4) is 0 Å². The Labute approximate surface area is 115 Å². The molecule has 114 valence electrons. The molecule has 0 heterocycles. The highest BCUT2D eigenvalue weighted by Crippen LogP contribution is 2.17. The number of carboxylic acid groups (broad SMARTS) is 1. The van der Waals surface area contributed by atoms with Crippen molar-refractivity contribution in [3.05, 3.63) is 29.8 Å². The van der Waals surface area contributed by atoms with Gasteiger partial charge in [-0.2, -0.15) is 13.2 Å². The molecule has 0 aromatic heterocycles. The Morgan fingerprint density at radius 2 is 1.85 bits per heavy atom. The predicted octanol–water partition coefficient (Wildman–Crippen LogP) is 2.81. The van der Waals surface area contributed by atoms with Crippen LogP contribution in [0.5, 0.6) is 5.75 Å². The second-order valence-electron chi connectivity index (χ2n) is 4.32. The van der Waals surface area contributed by atoms with Gasteiger partial charge in [0.25, 0.3) is 0 Å². The maximum atomic E-state index is 10.6. The number of aliphatic carboxylic acids is 1. The SMILES string of the molecule is CC(C)COc1ccccc1CN.O=C(O)C(F)(F)F. The zero-order chi connectivity index (χ0) is 15.8. The van der Waals surface area contributed by atoms with Crippen molar-refractivity contribution in [3.63, 3.8) is 0 Å². The van der Waals surface area contributed by atoms with Crippen LogP contribution in [-0.4, -0.2) is 23.9 Å². The highest BCUT2D eigenvalue weighted by molar-refractivity contribution is 5.73. The number of halogens is 3. The maximum absolute atomic E-state index is 10.6. The minimum atomic E-state index is -5.08. The van der Waals surface area contributed by atoms with E-state index in [9.17, 15) is 13.2 Å². The van der Waals surface area contributed by atoms with E-state index in [4.69, 9.17) is 20.4 Å². The van der Waals surface area contributed by atoms with Crippen LogP contribution in [-0.2, 0) is 11.3 Å². The standard InChI is InChI=1S/C11H17NO.C2HF3O2/c1-9(2)8-13-11-6-4-3-5-10(11)7-12;3-2(4,5)1(6)7/h3-6,9H,7-8,12H2,1-2H3;(H,6,7). The van der Waals surface area contributed by atoms with Crippen molar-refractivity contribution in [2.45, 2.75) is 26.6 Å². The molecular weight excluding hydrogens is 275 g/mol. The van der Waals surface area contributed by atoms with Crippen molar-refractivity contribution in [1.82, 2.24) is 0 Å². The first kappa shape index (κ1) is 18.2. The second kappa shape index (κ2) is 8.42. The third kappa shape index (κ3) is 7.63. The lowest BCUT2D eigenvalue weighted by Crippen LogP contribution is -2.21. The second-order valence-corrected chi connectivity index (χ2v) is 4.32. The normalized spacial score (nSPS) is 10.8. The molecule has 0 radical (unpaired) electrons. The molecule has 0 unspecified atom stereocenters. The summed E-state index contributed by atoms with van der Waals surface area (Å²) in [6, 6.07) is 7.90. The molecule has 1 rings (SSSR count). The van der Waals surface area contributed by atoms with Crippen LogP contribution in [0.4, 0.5) is 13.2 Å². The molecule has 0 bridgehead atoms. The van der Waals surface area contributed by atoms with E-state index in [0.29, 0.717) is 12.5 Å². The van der Waals surface area contributed by atoms with Gasteiger partial charge in [-0.3, -0.25) is 0 Å². The highest BCUT2D eigenvalue weighted by Gasteiger charge is 2.38. The minimum absolute atomic E-state index is 0.536. The lowest BCUT2D eigenvalue weighted by Gasteiger charge is -2.11. The number of nitrogens with two attached hydrogens (primary N) is 1. The van der Waals surface area contributed by atoms with E-state index in [1.165, 1.54) is 0 Å².